The lowest BCUT2D eigenvalue weighted by Crippen LogP contribution is -2.63. The Kier molecular flexibility index (Phi) is 8.31. The van der Waals surface area contributed by atoms with Crippen LogP contribution in [-0.2, 0) is 14.3 Å². The maximum atomic E-state index is 13.5. The van der Waals surface area contributed by atoms with Crippen molar-refractivity contribution in [3.63, 3.8) is 0 Å². The molecule has 0 aromatic heterocycles. The van der Waals surface area contributed by atoms with Crippen LogP contribution in [0.2, 0.25) is 0 Å². The summed E-state index contributed by atoms with van der Waals surface area (Å²) < 4.78 is 46.1. The van der Waals surface area contributed by atoms with Gasteiger partial charge in [0.1, 0.15) is 11.9 Å². The van der Waals surface area contributed by atoms with Crippen LogP contribution < -0.4 is 5.32 Å². The number of carbonyl (C=O) groups is 3. The van der Waals surface area contributed by atoms with E-state index in [0.717, 1.165) is 25.5 Å². The summed E-state index contributed by atoms with van der Waals surface area (Å²) in [5.41, 5.74) is -2.89. The van der Waals surface area contributed by atoms with Gasteiger partial charge in [0.05, 0.1) is 12.0 Å². The summed E-state index contributed by atoms with van der Waals surface area (Å²) in [6.07, 6.45) is -3.65. The number of aliphatic hydroxyl groups excluding tert-OH is 1. The molecule has 10 heteroatoms. The van der Waals surface area contributed by atoms with E-state index in [2.05, 4.69) is 5.32 Å². The second-order valence-electron chi connectivity index (χ2n) is 13.8. The molecule has 1 heterocycles. The summed E-state index contributed by atoms with van der Waals surface area (Å²) in [6.45, 7) is 10.6. The van der Waals surface area contributed by atoms with E-state index in [4.69, 9.17) is 4.74 Å². The molecule has 2 N–H and O–H groups in total. The van der Waals surface area contributed by atoms with E-state index in [1.807, 2.05) is 39.6 Å². The van der Waals surface area contributed by atoms with E-state index < -0.39 is 64.4 Å². The van der Waals surface area contributed by atoms with Crippen LogP contribution in [0.25, 0.3) is 0 Å². The van der Waals surface area contributed by atoms with Crippen LogP contribution in [-0.4, -0.2) is 66.3 Å². The molecular formula is C30H45F3N2O5. The Morgan fingerprint density at radius 1 is 1.15 bits per heavy atom. The van der Waals surface area contributed by atoms with E-state index in [1.54, 1.807) is 6.92 Å². The number of hydrogen-bond acceptors (Lipinski definition) is 6. The lowest BCUT2D eigenvalue weighted by atomic mass is 9.44. The number of Topliss-reactive ketones (excluding diaryl/α,β-unsaturated/α-hetero) is 1. The molecule has 1 aliphatic heterocycles. The zero-order valence-electron chi connectivity index (χ0n) is 24.5. The molecule has 10 atom stereocenters. The highest BCUT2D eigenvalue weighted by Crippen LogP contribution is 2.68. The van der Waals surface area contributed by atoms with Crippen LogP contribution in [0.1, 0.15) is 73.1 Å². The number of hydrogen-bond donors (Lipinski definition) is 2. The molecule has 0 aromatic rings. The van der Waals surface area contributed by atoms with Crippen LogP contribution in [0.15, 0.2) is 12.2 Å². The summed E-state index contributed by atoms with van der Waals surface area (Å²) in [7, 11) is 1.91. The van der Waals surface area contributed by atoms with Crippen LogP contribution in [0, 0.1) is 45.8 Å². The molecule has 0 aromatic carbocycles. The number of halogens is 3. The van der Waals surface area contributed by atoms with Gasteiger partial charge in [-0.15, -0.1) is 0 Å². The third-order valence-electron chi connectivity index (χ3n) is 11.5. The van der Waals surface area contributed by atoms with Crippen LogP contribution in [0.5, 0.6) is 0 Å². The number of allylic oxidation sites excluding steroid dienone is 1. The molecule has 0 spiro atoms. The van der Waals surface area contributed by atoms with Crippen molar-refractivity contribution in [1.29, 1.82) is 0 Å². The monoisotopic (exact) mass is 570 g/mol. The molecule has 226 valence electrons. The predicted molar refractivity (Wildman–Crippen MR) is 143 cm³/mol. The van der Waals surface area contributed by atoms with Crippen molar-refractivity contribution in [2.45, 2.75) is 91.5 Å². The van der Waals surface area contributed by atoms with E-state index in [-0.39, 0.29) is 30.1 Å². The number of likely N-dealkylation sites (tertiary alicyclic amines) is 1. The number of nitrogens with zero attached hydrogens (tertiary/aromatic N) is 1. The first kappa shape index (κ1) is 31.0. The van der Waals surface area contributed by atoms with Crippen molar-refractivity contribution in [2.75, 3.05) is 20.1 Å². The van der Waals surface area contributed by atoms with Gasteiger partial charge in [-0.1, -0.05) is 40.7 Å². The zero-order valence-corrected chi connectivity index (χ0v) is 24.5. The third-order valence-corrected chi connectivity index (χ3v) is 11.5. The Labute approximate surface area is 235 Å². The minimum atomic E-state index is -4.59. The highest BCUT2D eigenvalue weighted by molar-refractivity contribution is 5.93. The van der Waals surface area contributed by atoms with Crippen molar-refractivity contribution >= 4 is 17.8 Å². The van der Waals surface area contributed by atoms with Gasteiger partial charge in [0.15, 0.2) is 0 Å². The second kappa shape index (κ2) is 10.7. The molecule has 1 saturated heterocycles. The van der Waals surface area contributed by atoms with Gasteiger partial charge in [-0.05, 0) is 68.9 Å². The topological polar surface area (TPSA) is 95.9 Å². The first-order chi connectivity index (χ1) is 18.4. The van der Waals surface area contributed by atoms with Gasteiger partial charge in [0, 0.05) is 35.8 Å². The molecular weight excluding hydrogens is 525 g/mol. The Balaban J connectivity index is 1.72. The Hall–Kier alpha value is -1.94. The van der Waals surface area contributed by atoms with Crippen LogP contribution in [0.4, 0.5) is 18.0 Å². The van der Waals surface area contributed by atoms with Gasteiger partial charge in [-0.25, -0.2) is 4.79 Å². The lowest BCUT2D eigenvalue weighted by molar-refractivity contribution is -0.191. The average molecular weight is 571 g/mol. The standard InChI is InChI=1S/C30H45F3N2O5/c1-17-9-14-35(6)16-20(17)25(38)34-26(39)40-22-15-27(4,12-13-30(31,32)33)24(37)19(3)29-10-7-18(2)28(22,5)23(29)21(36)8-11-29/h12-13,17-20,22-24,37H,7-11,14-16H2,1-6H3,(H,34,38,39)/b13-12+/t17-,18+,19-,20-,22+,23?,24-,27+,28-,29?/m0/s1. The van der Waals surface area contributed by atoms with E-state index in [9.17, 15) is 32.7 Å². The third kappa shape index (κ3) is 5.35. The highest BCUT2D eigenvalue weighted by Gasteiger charge is 2.68. The minimum Gasteiger partial charge on any atom is -0.445 e. The molecule has 2 amide bonds. The van der Waals surface area contributed by atoms with Crippen molar-refractivity contribution < 1.29 is 37.4 Å². The summed E-state index contributed by atoms with van der Waals surface area (Å²) in [5, 5.41) is 14.1. The zero-order chi connectivity index (χ0) is 29.8. The van der Waals surface area contributed by atoms with Crippen molar-refractivity contribution in [3.8, 4) is 0 Å². The number of rotatable bonds is 3. The largest absolute Gasteiger partial charge is 0.445 e. The van der Waals surface area contributed by atoms with Gasteiger partial charge in [-0.3, -0.25) is 14.9 Å². The lowest BCUT2D eigenvalue weighted by Gasteiger charge is -2.61. The molecule has 2 bridgehead atoms. The fraction of sp³-hybridized carbons (Fsp3) is 0.833. The number of ketones is 1. The van der Waals surface area contributed by atoms with Gasteiger partial charge in [0.2, 0.25) is 5.91 Å². The number of imide groups is 1. The summed E-state index contributed by atoms with van der Waals surface area (Å²) >= 11 is 0. The first-order valence-electron chi connectivity index (χ1n) is 14.6. The van der Waals surface area contributed by atoms with Crippen molar-refractivity contribution in [2.24, 2.45) is 45.8 Å². The van der Waals surface area contributed by atoms with Crippen molar-refractivity contribution in [1.82, 2.24) is 10.2 Å². The number of nitrogens with one attached hydrogen (secondary N) is 1. The molecule has 4 rings (SSSR count). The molecule has 3 aliphatic carbocycles. The van der Waals surface area contributed by atoms with E-state index >= 15 is 0 Å². The Bertz CT molecular complexity index is 1050. The molecule has 40 heavy (non-hydrogen) atoms. The Morgan fingerprint density at radius 2 is 1.82 bits per heavy atom. The van der Waals surface area contributed by atoms with E-state index in [1.165, 1.54) is 0 Å². The number of aliphatic hydroxyl groups is 1. The number of amides is 2. The Morgan fingerprint density at radius 3 is 2.48 bits per heavy atom. The molecule has 3 saturated carbocycles. The quantitative estimate of drug-likeness (QED) is 0.457. The summed E-state index contributed by atoms with van der Waals surface area (Å²) in [4.78, 5) is 41.9. The number of alkyl carbamates (subject to hydrolysis) is 1. The normalized spacial score (nSPS) is 44.5. The molecule has 2 unspecified atom stereocenters. The maximum Gasteiger partial charge on any atom is 0.414 e. The smallest absolute Gasteiger partial charge is 0.414 e. The van der Waals surface area contributed by atoms with Gasteiger partial charge < -0.3 is 14.7 Å². The second-order valence-corrected chi connectivity index (χ2v) is 13.8. The number of carbonyl (C=O) groups excluding carboxylic acids is 3. The van der Waals surface area contributed by atoms with Crippen LogP contribution >= 0.6 is 0 Å². The van der Waals surface area contributed by atoms with Gasteiger partial charge in [-0.2, -0.15) is 13.2 Å². The first-order valence-corrected chi connectivity index (χ1v) is 14.6. The van der Waals surface area contributed by atoms with Crippen LogP contribution in [0.3, 0.4) is 0 Å². The summed E-state index contributed by atoms with van der Waals surface area (Å²) in [5.74, 6) is -1.76. The minimum absolute atomic E-state index is 0.0479. The predicted octanol–water partition coefficient (Wildman–Crippen LogP) is 5.12. The fourth-order valence-electron chi connectivity index (χ4n) is 8.67. The molecule has 4 fully saturated rings. The summed E-state index contributed by atoms with van der Waals surface area (Å²) in [6, 6.07) is 0. The van der Waals surface area contributed by atoms with E-state index in [0.29, 0.717) is 25.8 Å². The number of ether oxygens (including phenoxy) is 1. The van der Waals surface area contributed by atoms with Gasteiger partial charge in [0.25, 0.3) is 0 Å². The number of piperidine rings is 1. The molecule has 0 radical (unpaired) electrons. The molecule has 7 nitrogen and oxygen atoms in total. The SMILES string of the molecule is C[C@@H]1CCC23CCC(=O)C2[C@]1(C)[C@H](OC(=O)NC(=O)[C@H]1CN(C)CC[C@@H]1C)C[C@@](C)(/C=C/C(F)(F)F)[C@@H](O)[C@@H]3C. The van der Waals surface area contributed by atoms with Crippen molar-refractivity contribution in [3.05, 3.63) is 12.2 Å². The van der Waals surface area contributed by atoms with Gasteiger partial charge >= 0.3 is 12.3 Å². The average Bonchev–Trinajstić information content (AvgIpc) is 3.22. The number of alkyl halides is 3. The maximum absolute atomic E-state index is 13.5. The fourth-order valence-corrected chi connectivity index (χ4v) is 8.67. The molecule has 4 aliphatic rings. The highest BCUT2D eigenvalue weighted by atomic mass is 19.4.